The molecule has 1 unspecified atom stereocenters. The zero-order chi connectivity index (χ0) is 14.7. The van der Waals surface area contributed by atoms with E-state index in [2.05, 4.69) is 46.3 Å². The molecular weight excluding hydrogens is 258 g/mol. The summed E-state index contributed by atoms with van der Waals surface area (Å²) in [4.78, 5) is 6.93. The van der Waals surface area contributed by atoms with Crippen molar-refractivity contribution >= 4 is 0 Å². The Morgan fingerprint density at radius 1 is 1.19 bits per heavy atom. The van der Waals surface area contributed by atoms with E-state index < -0.39 is 0 Å². The fourth-order valence-corrected chi connectivity index (χ4v) is 3.16. The number of aromatic nitrogens is 1. The highest BCUT2D eigenvalue weighted by Gasteiger charge is 2.22. The highest BCUT2D eigenvalue weighted by Crippen LogP contribution is 2.26. The van der Waals surface area contributed by atoms with Gasteiger partial charge in [0.05, 0.1) is 0 Å². The average molecular weight is 281 g/mol. The van der Waals surface area contributed by atoms with Crippen molar-refractivity contribution in [3.05, 3.63) is 65.0 Å². The third-order valence-corrected chi connectivity index (χ3v) is 4.37. The lowest BCUT2D eigenvalue weighted by molar-refractivity contribution is 0.195. The lowest BCUT2D eigenvalue weighted by Crippen LogP contribution is -2.33. The van der Waals surface area contributed by atoms with Gasteiger partial charge in [0.15, 0.2) is 0 Å². The van der Waals surface area contributed by atoms with Crippen molar-refractivity contribution in [2.24, 2.45) is 5.73 Å². The van der Waals surface area contributed by atoms with Gasteiger partial charge in [-0.15, -0.1) is 0 Å². The van der Waals surface area contributed by atoms with Gasteiger partial charge in [-0.1, -0.05) is 30.3 Å². The summed E-state index contributed by atoms with van der Waals surface area (Å²) in [6.45, 7) is 4.71. The van der Waals surface area contributed by atoms with Crippen LogP contribution in [0.2, 0.25) is 0 Å². The first kappa shape index (κ1) is 14.2. The molecule has 2 N–H and O–H groups in total. The van der Waals surface area contributed by atoms with Crippen molar-refractivity contribution in [1.82, 2.24) is 9.88 Å². The fraction of sp³-hybridized carbons (Fsp3) is 0.389. The SMILES string of the molecule is Cc1ccc(C(CN)N2CCCc3ccccc3C2)cn1. The van der Waals surface area contributed by atoms with Crippen LogP contribution in [-0.4, -0.2) is 23.0 Å². The van der Waals surface area contributed by atoms with Crippen LogP contribution in [-0.2, 0) is 13.0 Å². The minimum absolute atomic E-state index is 0.254. The third kappa shape index (κ3) is 3.14. The number of hydrogen-bond acceptors (Lipinski definition) is 3. The zero-order valence-electron chi connectivity index (χ0n) is 12.6. The van der Waals surface area contributed by atoms with E-state index in [9.17, 15) is 0 Å². The Hall–Kier alpha value is -1.71. The van der Waals surface area contributed by atoms with Gasteiger partial charge in [0.25, 0.3) is 0 Å². The Labute approximate surface area is 126 Å². The van der Waals surface area contributed by atoms with Crippen molar-refractivity contribution in [1.29, 1.82) is 0 Å². The van der Waals surface area contributed by atoms with Gasteiger partial charge in [-0.3, -0.25) is 9.88 Å². The summed E-state index contributed by atoms with van der Waals surface area (Å²) < 4.78 is 0. The molecule has 21 heavy (non-hydrogen) atoms. The number of fused-ring (bicyclic) bond motifs is 1. The lowest BCUT2D eigenvalue weighted by Gasteiger charge is -2.30. The predicted molar refractivity (Wildman–Crippen MR) is 85.9 cm³/mol. The van der Waals surface area contributed by atoms with Crippen LogP contribution in [0, 0.1) is 6.92 Å². The van der Waals surface area contributed by atoms with Crippen LogP contribution in [0.5, 0.6) is 0 Å². The Bertz CT molecular complexity index is 592. The van der Waals surface area contributed by atoms with Crippen molar-refractivity contribution in [3.8, 4) is 0 Å². The van der Waals surface area contributed by atoms with Gasteiger partial charge in [0.1, 0.15) is 0 Å². The molecule has 0 spiro atoms. The predicted octanol–water partition coefficient (Wildman–Crippen LogP) is 2.84. The smallest absolute Gasteiger partial charge is 0.0489 e. The van der Waals surface area contributed by atoms with Crippen LogP contribution < -0.4 is 5.73 Å². The van der Waals surface area contributed by atoms with Gasteiger partial charge in [0, 0.05) is 31.0 Å². The normalized spacial score (nSPS) is 17.0. The summed E-state index contributed by atoms with van der Waals surface area (Å²) in [5, 5.41) is 0. The molecule has 2 aromatic rings. The summed E-state index contributed by atoms with van der Waals surface area (Å²) in [7, 11) is 0. The summed E-state index contributed by atoms with van der Waals surface area (Å²) >= 11 is 0. The van der Waals surface area contributed by atoms with Crippen molar-refractivity contribution in [2.45, 2.75) is 32.4 Å². The molecule has 110 valence electrons. The van der Waals surface area contributed by atoms with E-state index in [-0.39, 0.29) is 6.04 Å². The molecule has 0 radical (unpaired) electrons. The molecule has 0 bridgehead atoms. The Morgan fingerprint density at radius 2 is 2.00 bits per heavy atom. The van der Waals surface area contributed by atoms with Crippen LogP contribution in [0.4, 0.5) is 0 Å². The Kier molecular flexibility index (Phi) is 4.32. The lowest BCUT2D eigenvalue weighted by atomic mass is 10.0. The molecular formula is C18H23N3. The summed E-state index contributed by atoms with van der Waals surface area (Å²) in [5.74, 6) is 0. The van der Waals surface area contributed by atoms with Crippen LogP contribution in [0.1, 0.15) is 34.8 Å². The van der Waals surface area contributed by atoms with Gasteiger partial charge < -0.3 is 5.73 Å². The standard InChI is InChI=1S/C18H23N3/c1-14-8-9-16(12-20-14)18(11-19)21-10-4-7-15-5-2-3-6-17(15)13-21/h2-3,5-6,8-9,12,18H,4,7,10-11,13,19H2,1H3. The molecule has 3 nitrogen and oxygen atoms in total. The van der Waals surface area contributed by atoms with E-state index in [0.717, 1.165) is 25.2 Å². The average Bonchev–Trinajstić information content (AvgIpc) is 2.72. The Morgan fingerprint density at radius 3 is 2.71 bits per heavy atom. The minimum atomic E-state index is 0.254. The first-order chi connectivity index (χ1) is 10.3. The van der Waals surface area contributed by atoms with Crippen molar-refractivity contribution < 1.29 is 0 Å². The molecule has 2 heterocycles. The second-order valence-corrected chi connectivity index (χ2v) is 5.83. The maximum absolute atomic E-state index is 6.08. The third-order valence-electron chi connectivity index (χ3n) is 4.37. The molecule has 0 aliphatic carbocycles. The number of rotatable bonds is 3. The number of benzene rings is 1. The minimum Gasteiger partial charge on any atom is -0.329 e. The highest BCUT2D eigenvalue weighted by molar-refractivity contribution is 5.29. The Balaban J connectivity index is 1.86. The molecule has 0 saturated heterocycles. The van der Waals surface area contributed by atoms with Gasteiger partial charge in [-0.05, 0) is 49.1 Å². The monoisotopic (exact) mass is 281 g/mol. The second-order valence-electron chi connectivity index (χ2n) is 5.83. The highest BCUT2D eigenvalue weighted by atomic mass is 15.2. The fourth-order valence-electron chi connectivity index (χ4n) is 3.16. The molecule has 1 aromatic carbocycles. The van der Waals surface area contributed by atoms with E-state index in [1.54, 1.807) is 0 Å². The molecule has 0 saturated carbocycles. The molecule has 1 aliphatic rings. The number of aryl methyl sites for hydroxylation is 2. The van der Waals surface area contributed by atoms with E-state index >= 15 is 0 Å². The van der Waals surface area contributed by atoms with Gasteiger partial charge >= 0.3 is 0 Å². The zero-order valence-corrected chi connectivity index (χ0v) is 12.6. The summed E-state index contributed by atoms with van der Waals surface area (Å²) in [6.07, 6.45) is 4.33. The number of hydrogen-bond donors (Lipinski definition) is 1. The molecule has 1 atom stereocenters. The van der Waals surface area contributed by atoms with Crippen molar-refractivity contribution in [2.75, 3.05) is 13.1 Å². The van der Waals surface area contributed by atoms with E-state index in [1.807, 2.05) is 13.1 Å². The van der Waals surface area contributed by atoms with Crippen molar-refractivity contribution in [3.63, 3.8) is 0 Å². The second kappa shape index (κ2) is 6.37. The van der Waals surface area contributed by atoms with E-state index in [0.29, 0.717) is 6.54 Å². The summed E-state index contributed by atoms with van der Waals surface area (Å²) in [5.41, 5.74) is 11.3. The quantitative estimate of drug-likeness (QED) is 0.940. The largest absolute Gasteiger partial charge is 0.329 e. The van der Waals surface area contributed by atoms with E-state index in [1.165, 1.54) is 23.1 Å². The molecule has 3 rings (SSSR count). The van der Waals surface area contributed by atoms with Gasteiger partial charge in [0.2, 0.25) is 0 Å². The first-order valence-corrected chi connectivity index (χ1v) is 7.71. The van der Waals surface area contributed by atoms with E-state index in [4.69, 9.17) is 5.73 Å². The van der Waals surface area contributed by atoms with Crippen LogP contribution in [0.3, 0.4) is 0 Å². The maximum atomic E-state index is 6.08. The van der Waals surface area contributed by atoms with Gasteiger partial charge in [-0.2, -0.15) is 0 Å². The van der Waals surface area contributed by atoms with Crippen LogP contribution >= 0.6 is 0 Å². The number of pyridine rings is 1. The number of nitrogens with zero attached hydrogens (tertiary/aromatic N) is 2. The molecule has 1 aliphatic heterocycles. The maximum Gasteiger partial charge on any atom is 0.0489 e. The van der Waals surface area contributed by atoms with Crippen LogP contribution in [0.15, 0.2) is 42.6 Å². The topological polar surface area (TPSA) is 42.1 Å². The molecule has 3 heteroatoms. The number of nitrogens with two attached hydrogens (primary N) is 1. The van der Waals surface area contributed by atoms with Crippen LogP contribution in [0.25, 0.3) is 0 Å². The molecule has 0 fully saturated rings. The summed E-state index contributed by atoms with van der Waals surface area (Å²) in [6, 6.07) is 13.3. The molecule has 0 amide bonds. The first-order valence-electron chi connectivity index (χ1n) is 7.71. The molecule has 1 aromatic heterocycles. The van der Waals surface area contributed by atoms with Gasteiger partial charge in [-0.25, -0.2) is 0 Å².